The van der Waals surface area contributed by atoms with Gasteiger partial charge in [-0.3, -0.25) is 14.4 Å². The molecule has 1 unspecified atom stereocenters. The SMILES string of the molecule is CC/C=C\C/C=C\C/C=C\C/C=C\C/C=C\C/C=C\C/C=C\CCCC(=O)OC(COC(=O)CCCCC/C=C\C/C=C\C/C=C\CC)COC(=O)CCCCCCCCCCCCCCCC/C=C\C/C=C\C/C=C\C/C=C\CC. The lowest BCUT2D eigenvalue weighted by Gasteiger charge is -2.18. The predicted octanol–water partition coefficient (Wildman–Crippen LogP) is 22.7. The van der Waals surface area contributed by atoms with Crippen molar-refractivity contribution < 1.29 is 28.6 Å². The zero-order valence-electron chi connectivity index (χ0n) is 52.0. The Morgan fingerprint density at radius 2 is 0.457 bits per heavy atom. The van der Waals surface area contributed by atoms with Crippen molar-refractivity contribution in [3.05, 3.63) is 170 Å². The Morgan fingerprint density at radius 3 is 0.741 bits per heavy atom. The van der Waals surface area contributed by atoms with Gasteiger partial charge in [0.15, 0.2) is 6.10 Å². The van der Waals surface area contributed by atoms with Crippen molar-refractivity contribution in [2.24, 2.45) is 0 Å². The van der Waals surface area contributed by atoms with Crippen LogP contribution in [0.15, 0.2) is 170 Å². The summed E-state index contributed by atoms with van der Waals surface area (Å²) in [5.74, 6) is -1.01. The Kier molecular flexibility index (Phi) is 62.9. The molecule has 6 nitrogen and oxygen atoms in total. The molecule has 6 heteroatoms. The van der Waals surface area contributed by atoms with E-state index in [1.165, 1.54) is 77.0 Å². The Hall–Kier alpha value is -5.23. The van der Waals surface area contributed by atoms with E-state index in [4.69, 9.17) is 14.2 Å². The summed E-state index contributed by atoms with van der Waals surface area (Å²) in [6.07, 6.45) is 99.5. The molecular weight excluding hydrogens is 997 g/mol. The molecule has 0 aliphatic carbocycles. The van der Waals surface area contributed by atoms with Crippen molar-refractivity contribution in [3.63, 3.8) is 0 Å². The number of ether oxygens (including phenoxy) is 3. The van der Waals surface area contributed by atoms with Crippen LogP contribution in [0.1, 0.15) is 265 Å². The number of hydrogen-bond acceptors (Lipinski definition) is 6. The highest BCUT2D eigenvalue weighted by Crippen LogP contribution is 2.15. The second-order valence-corrected chi connectivity index (χ2v) is 20.9. The molecule has 0 bridgehead atoms. The largest absolute Gasteiger partial charge is 0.462 e. The van der Waals surface area contributed by atoms with E-state index < -0.39 is 6.10 Å². The van der Waals surface area contributed by atoms with Crippen LogP contribution in [0.5, 0.6) is 0 Å². The van der Waals surface area contributed by atoms with Crippen molar-refractivity contribution >= 4 is 17.9 Å². The fraction of sp³-hybridized carbons (Fsp3) is 0.587. The normalized spacial score (nSPS) is 13.3. The first-order valence-corrected chi connectivity index (χ1v) is 32.6. The van der Waals surface area contributed by atoms with Gasteiger partial charge in [-0.2, -0.15) is 0 Å². The van der Waals surface area contributed by atoms with E-state index in [9.17, 15) is 14.4 Å². The molecule has 0 aliphatic rings. The van der Waals surface area contributed by atoms with Gasteiger partial charge in [0.2, 0.25) is 0 Å². The van der Waals surface area contributed by atoms with Crippen LogP contribution in [-0.2, 0) is 28.6 Å². The summed E-state index contributed by atoms with van der Waals surface area (Å²) in [4.78, 5) is 38.3. The number of allylic oxidation sites excluding steroid dienone is 28. The minimum atomic E-state index is -0.831. The highest BCUT2D eigenvalue weighted by molar-refractivity contribution is 5.71. The molecule has 0 saturated heterocycles. The fourth-order valence-electron chi connectivity index (χ4n) is 8.44. The number of esters is 3. The lowest BCUT2D eigenvalue weighted by atomic mass is 10.0. The molecule has 0 spiro atoms. The predicted molar refractivity (Wildman–Crippen MR) is 352 cm³/mol. The number of unbranched alkanes of at least 4 members (excludes halogenated alkanes) is 18. The zero-order chi connectivity index (χ0) is 58.5. The quantitative estimate of drug-likeness (QED) is 0.0261. The van der Waals surface area contributed by atoms with Crippen molar-refractivity contribution in [1.29, 1.82) is 0 Å². The molecule has 0 aromatic heterocycles. The van der Waals surface area contributed by atoms with Crippen LogP contribution < -0.4 is 0 Å². The van der Waals surface area contributed by atoms with E-state index >= 15 is 0 Å². The van der Waals surface area contributed by atoms with Crippen molar-refractivity contribution in [1.82, 2.24) is 0 Å². The Morgan fingerprint density at radius 1 is 0.247 bits per heavy atom. The Bertz CT molecular complexity index is 1860. The second-order valence-electron chi connectivity index (χ2n) is 20.9. The molecule has 0 aromatic carbocycles. The third kappa shape index (κ3) is 65.5. The second kappa shape index (κ2) is 67.3. The van der Waals surface area contributed by atoms with Gasteiger partial charge in [0.05, 0.1) is 0 Å². The van der Waals surface area contributed by atoms with E-state index in [2.05, 4.69) is 191 Å². The van der Waals surface area contributed by atoms with Gasteiger partial charge in [-0.1, -0.05) is 274 Å². The first-order valence-electron chi connectivity index (χ1n) is 32.6. The Balaban J connectivity index is 4.43. The Labute approximate surface area is 498 Å². The molecule has 0 heterocycles. The number of carbonyl (C=O) groups is 3. The van der Waals surface area contributed by atoms with Gasteiger partial charge >= 0.3 is 17.9 Å². The lowest BCUT2D eigenvalue weighted by Crippen LogP contribution is -2.30. The maximum Gasteiger partial charge on any atom is 0.306 e. The minimum Gasteiger partial charge on any atom is -0.462 e. The summed E-state index contributed by atoms with van der Waals surface area (Å²) in [6.45, 7) is 6.22. The molecule has 0 N–H and O–H groups in total. The standard InChI is InChI=1S/C75H118O6/c1-4-7-10-13-16-19-22-25-27-29-31-33-35-36-37-38-40-41-43-45-47-50-53-56-59-62-65-68-74(77)80-71-72(70-79-73(76)67-64-61-58-55-52-49-24-21-18-15-12-9-6-3)81-75(78)69-66-63-60-57-54-51-48-46-44-42-39-34-32-30-28-26-23-20-17-14-11-8-5-2/h7-12,16-21,25-28,31-34,42,44,48-49,51-52,57,60,72H,4-6,13-15,22-24,29-30,35-41,43,45-47,50,53-56,58-59,61-71H2,1-3H3/b10-7-,11-8-,12-9-,19-16-,20-17-,21-18-,27-25-,28-26-,33-31-,34-32-,44-42-,51-48-,52-49-,60-57-. The molecule has 0 aromatic rings. The van der Waals surface area contributed by atoms with Gasteiger partial charge < -0.3 is 14.2 Å². The summed E-state index contributed by atoms with van der Waals surface area (Å²) >= 11 is 0. The molecule has 1 atom stereocenters. The topological polar surface area (TPSA) is 78.9 Å². The average Bonchev–Trinajstić information content (AvgIpc) is 3.46. The molecule has 454 valence electrons. The van der Waals surface area contributed by atoms with Gasteiger partial charge in [-0.15, -0.1) is 0 Å². The summed E-state index contributed by atoms with van der Waals surface area (Å²) in [5.41, 5.74) is 0. The summed E-state index contributed by atoms with van der Waals surface area (Å²) in [5, 5.41) is 0. The van der Waals surface area contributed by atoms with E-state index in [-0.39, 0.29) is 37.5 Å². The zero-order valence-corrected chi connectivity index (χ0v) is 52.0. The highest BCUT2D eigenvalue weighted by atomic mass is 16.6. The number of rotatable bonds is 57. The summed E-state index contributed by atoms with van der Waals surface area (Å²) in [7, 11) is 0. The fourth-order valence-corrected chi connectivity index (χ4v) is 8.44. The molecule has 0 rings (SSSR count). The summed E-state index contributed by atoms with van der Waals surface area (Å²) in [6, 6.07) is 0. The third-order valence-corrected chi connectivity index (χ3v) is 13.2. The van der Waals surface area contributed by atoms with Gasteiger partial charge in [-0.25, -0.2) is 0 Å². The van der Waals surface area contributed by atoms with Crippen molar-refractivity contribution in [2.45, 2.75) is 271 Å². The highest BCUT2D eigenvalue weighted by Gasteiger charge is 2.19. The van der Waals surface area contributed by atoms with Gasteiger partial charge in [0, 0.05) is 19.3 Å². The molecule has 0 aliphatic heterocycles. The van der Waals surface area contributed by atoms with Crippen LogP contribution in [0.4, 0.5) is 0 Å². The van der Waals surface area contributed by atoms with Crippen LogP contribution in [0.25, 0.3) is 0 Å². The molecular formula is C75H118O6. The van der Waals surface area contributed by atoms with Crippen LogP contribution in [0, 0.1) is 0 Å². The number of carbonyl (C=O) groups excluding carboxylic acids is 3. The van der Waals surface area contributed by atoms with Gasteiger partial charge in [0.25, 0.3) is 0 Å². The van der Waals surface area contributed by atoms with Crippen LogP contribution in [0.3, 0.4) is 0 Å². The maximum absolute atomic E-state index is 12.9. The third-order valence-electron chi connectivity index (χ3n) is 13.2. The lowest BCUT2D eigenvalue weighted by molar-refractivity contribution is -0.167. The molecule has 0 fully saturated rings. The van der Waals surface area contributed by atoms with Crippen molar-refractivity contribution in [3.8, 4) is 0 Å². The molecule has 0 saturated carbocycles. The van der Waals surface area contributed by atoms with Gasteiger partial charge in [0.1, 0.15) is 13.2 Å². The van der Waals surface area contributed by atoms with E-state index in [1.54, 1.807) is 0 Å². The molecule has 0 amide bonds. The van der Waals surface area contributed by atoms with E-state index in [0.717, 1.165) is 141 Å². The van der Waals surface area contributed by atoms with Crippen LogP contribution in [-0.4, -0.2) is 37.2 Å². The molecule has 81 heavy (non-hydrogen) atoms. The maximum atomic E-state index is 12.9. The van der Waals surface area contributed by atoms with Crippen LogP contribution >= 0.6 is 0 Å². The summed E-state index contributed by atoms with van der Waals surface area (Å²) < 4.78 is 16.8. The minimum absolute atomic E-state index is 0.118. The average molecular weight is 1120 g/mol. The first kappa shape index (κ1) is 75.8. The molecule has 0 radical (unpaired) electrons. The van der Waals surface area contributed by atoms with E-state index in [0.29, 0.717) is 19.3 Å². The smallest absolute Gasteiger partial charge is 0.306 e. The van der Waals surface area contributed by atoms with Gasteiger partial charge in [-0.05, 0) is 141 Å². The van der Waals surface area contributed by atoms with Crippen LogP contribution in [0.2, 0.25) is 0 Å². The monoisotopic (exact) mass is 1110 g/mol. The van der Waals surface area contributed by atoms with E-state index in [1.807, 2.05) is 0 Å². The first-order chi connectivity index (χ1) is 40.0. The number of hydrogen-bond donors (Lipinski definition) is 0. The van der Waals surface area contributed by atoms with Crippen molar-refractivity contribution in [2.75, 3.05) is 13.2 Å².